The van der Waals surface area contributed by atoms with Gasteiger partial charge in [0.2, 0.25) is 0 Å². The molecule has 0 heterocycles. The Morgan fingerprint density at radius 1 is 1.15 bits per heavy atom. The summed E-state index contributed by atoms with van der Waals surface area (Å²) in [7, 11) is 0. The summed E-state index contributed by atoms with van der Waals surface area (Å²) in [6.07, 6.45) is 7.46. The maximum absolute atomic E-state index is 11.8. The fraction of sp³-hybridized carbons (Fsp3) is 0.217. The third kappa shape index (κ3) is 5.17. The summed E-state index contributed by atoms with van der Waals surface area (Å²) in [5, 5.41) is 6.38. The first-order valence-corrected chi connectivity index (χ1v) is 9.22. The minimum Gasteiger partial charge on any atom is -0.298 e. The number of nitrogens with zero attached hydrogens (tertiary/aromatic N) is 1. The SMILES string of the molecule is CCC1=CC=C(c2ccc(NC(=O)O/N=C/c3ccccc3)cc2)CC1C. The van der Waals surface area contributed by atoms with Gasteiger partial charge in [0, 0.05) is 5.69 Å². The quantitative estimate of drug-likeness (QED) is 0.402. The Morgan fingerprint density at radius 3 is 2.56 bits per heavy atom. The van der Waals surface area contributed by atoms with Gasteiger partial charge in [0.15, 0.2) is 0 Å². The van der Waals surface area contributed by atoms with Crippen LogP contribution in [0.15, 0.2) is 77.5 Å². The number of nitrogens with one attached hydrogen (secondary N) is 1. The Balaban J connectivity index is 1.56. The third-order valence-electron chi connectivity index (χ3n) is 4.70. The van der Waals surface area contributed by atoms with Crippen molar-refractivity contribution in [3.8, 4) is 0 Å². The summed E-state index contributed by atoms with van der Waals surface area (Å²) >= 11 is 0. The van der Waals surface area contributed by atoms with E-state index < -0.39 is 6.09 Å². The molecule has 0 saturated carbocycles. The van der Waals surface area contributed by atoms with Crippen LogP contribution in [0.5, 0.6) is 0 Å². The fourth-order valence-corrected chi connectivity index (χ4v) is 3.16. The number of amides is 1. The van der Waals surface area contributed by atoms with Crippen molar-refractivity contribution < 1.29 is 9.63 Å². The molecule has 4 heteroatoms. The normalized spacial score (nSPS) is 16.6. The molecule has 0 aliphatic heterocycles. The monoisotopic (exact) mass is 360 g/mol. The first-order chi connectivity index (χ1) is 13.2. The fourth-order valence-electron chi connectivity index (χ4n) is 3.16. The first-order valence-electron chi connectivity index (χ1n) is 9.22. The lowest BCUT2D eigenvalue weighted by atomic mass is 9.84. The molecule has 1 aliphatic carbocycles. The van der Waals surface area contributed by atoms with E-state index in [4.69, 9.17) is 4.84 Å². The lowest BCUT2D eigenvalue weighted by Gasteiger charge is -2.21. The number of allylic oxidation sites excluding steroid dienone is 4. The van der Waals surface area contributed by atoms with Crippen LogP contribution in [0.1, 0.15) is 37.8 Å². The van der Waals surface area contributed by atoms with Gasteiger partial charge in [-0.25, -0.2) is 4.79 Å². The van der Waals surface area contributed by atoms with Crippen LogP contribution < -0.4 is 5.32 Å². The molecule has 1 aliphatic rings. The lowest BCUT2D eigenvalue weighted by molar-refractivity contribution is 0.167. The number of anilines is 1. The molecule has 0 fully saturated rings. The van der Waals surface area contributed by atoms with E-state index in [1.165, 1.54) is 22.9 Å². The molecular weight excluding hydrogens is 336 g/mol. The summed E-state index contributed by atoms with van der Waals surface area (Å²) < 4.78 is 0. The van der Waals surface area contributed by atoms with Crippen LogP contribution in [0, 0.1) is 5.92 Å². The highest BCUT2D eigenvalue weighted by molar-refractivity contribution is 5.86. The van der Waals surface area contributed by atoms with Crippen LogP contribution in [0.3, 0.4) is 0 Å². The number of benzene rings is 2. The zero-order valence-electron chi connectivity index (χ0n) is 15.7. The molecule has 1 unspecified atom stereocenters. The highest BCUT2D eigenvalue weighted by Crippen LogP contribution is 2.32. The molecule has 0 aromatic heterocycles. The molecule has 2 aromatic carbocycles. The molecule has 1 amide bonds. The highest BCUT2D eigenvalue weighted by Gasteiger charge is 2.14. The predicted molar refractivity (Wildman–Crippen MR) is 111 cm³/mol. The summed E-state index contributed by atoms with van der Waals surface area (Å²) in [4.78, 5) is 16.7. The molecule has 0 spiro atoms. The van der Waals surface area contributed by atoms with Gasteiger partial charge in [0.05, 0.1) is 6.21 Å². The number of rotatable bonds is 5. The molecule has 27 heavy (non-hydrogen) atoms. The van der Waals surface area contributed by atoms with Gasteiger partial charge in [-0.15, -0.1) is 0 Å². The van der Waals surface area contributed by atoms with Crippen LogP contribution >= 0.6 is 0 Å². The molecule has 0 saturated heterocycles. The average molecular weight is 360 g/mol. The Bertz CT molecular complexity index is 865. The van der Waals surface area contributed by atoms with Gasteiger partial charge in [0.1, 0.15) is 0 Å². The third-order valence-corrected chi connectivity index (χ3v) is 4.70. The van der Waals surface area contributed by atoms with Crippen molar-refractivity contribution in [1.82, 2.24) is 0 Å². The minimum atomic E-state index is -0.615. The smallest absolute Gasteiger partial charge is 0.298 e. The molecular formula is C23H24N2O2. The second-order valence-corrected chi connectivity index (χ2v) is 6.62. The van der Waals surface area contributed by atoms with E-state index in [2.05, 4.69) is 36.5 Å². The van der Waals surface area contributed by atoms with Crippen LogP contribution in [0.4, 0.5) is 10.5 Å². The molecule has 1 N–H and O–H groups in total. The van der Waals surface area contributed by atoms with Gasteiger partial charge in [0.25, 0.3) is 0 Å². The number of oxime groups is 1. The summed E-state index contributed by atoms with van der Waals surface area (Å²) in [6.45, 7) is 4.47. The molecule has 0 radical (unpaired) electrons. The van der Waals surface area contributed by atoms with E-state index >= 15 is 0 Å². The van der Waals surface area contributed by atoms with Gasteiger partial charge in [-0.3, -0.25) is 10.2 Å². The second kappa shape index (κ2) is 8.99. The Kier molecular flexibility index (Phi) is 6.21. The summed E-state index contributed by atoms with van der Waals surface area (Å²) in [6, 6.07) is 17.3. The number of hydrogen-bond acceptors (Lipinski definition) is 3. The maximum Gasteiger partial charge on any atom is 0.437 e. The highest BCUT2D eigenvalue weighted by atomic mass is 16.7. The zero-order chi connectivity index (χ0) is 19.1. The van der Waals surface area contributed by atoms with Crippen LogP contribution in [0.2, 0.25) is 0 Å². The minimum absolute atomic E-state index is 0.574. The van der Waals surface area contributed by atoms with E-state index in [0.29, 0.717) is 11.6 Å². The first kappa shape index (κ1) is 18.6. The Morgan fingerprint density at radius 2 is 1.89 bits per heavy atom. The molecule has 138 valence electrons. The van der Waals surface area contributed by atoms with E-state index in [-0.39, 0.29) is 0 Å². The van der Waals surface area contributed by atoms with Crippen LogP contribution in [-0.4, -0.2) is 12.3 Å². The zero-order valence-corrected chi connectivity index (χ0v) is 15.7. The van der Waals surface area contributed by atoms with Crippen molar-refractivity contribution in [1.29, 1.82) is 0 Å². The predicted octanol–water partition coefficient (Wildman–Crippen LogP) is 6.03. The van der Waals surface area contributed by atoms with Gasteiger partial charge in [-0.05, 0) is 47.6 Å². The van der Waals surface area contributed by atoms with Gasteiger partial charge in [-0.1, -0.05) is 79.2 Å². The Labute approximate surface area is 160 Å². The maximum atomic E-state index is 11.8. The van der Waals surface area contributed by atoms with E-state index in [9.17, 15) is 4.79 Å². The average Bonchev–Trinajstić information content (AvgIpc) is 2.69. The second-order valence-electron chi connectivity index (χ2n) is 6.62. The van der Waals surface area contributed by atoms with Gasteiger partial charge >= 0.3 is 6.09 Å². The molecule has 1 atom stereocenters. The molecule has 3 rings (SSSR count). The van der Waals surface area contributed by atoms with Crippen molar-refractivity contribution in [2.75, 3.05) is 5.32 Å². The van der Waals surface area contributed by atoms with Gasteiger partial charge < -0.3 is 0 Å². The number of hydrogen-bond donors (Lipinski definition) is 1. The molecule has 4 nitrogen and oxygen atoms in total. The lowest BCUT2D eigenvalue weighted by Crippen LogP contribution is -2.11. The van der Waals surface area contributed by atoms with Gasteiger partial charge in [-0.2, -0.15) is 0 Å². The Hall–Kier alpha value is -3.14. The molecule has 0 bridgehead atoms. The largest absolute Gasteiger partial charge is 0.437 e. The van der Waals surface area contributed by atoms with Crippen molar-refractivity contribution in [3.63, 3.8) is 0 Å². The number of carbonyl (C=O) groups excluding carboxylic acids is 1. The molecule has 2 aromatic rings. The van der Waals surface area contributed by atoms with Crippen LogP contribution in [-0.2, 0) is 4.84 Å². The van der Waals surface area contributed by atoms with E-state index in [1.807, 2.05) is 54.6 Å². The summed E-state index contributed by atoms with van der Waals surface area (Å²) in [5.74, 6) is 0.574. The topological polar surface area (TPSA) is 50.7 Å². The van der Waals surface area contributed by atoms with Crippen molar-refractivity contribution in [3.05, 3.63) is 83.4 Å². The van der Waals surface area contributed by atoms with E-state index in [1.54, 1.807) is 0 Å². The van der Waals surface area contributed by atoms with E-state index in [0.717, 1.165) is 18.4 Å². The van der Waals surface area contributed by atoms with Crippen LogP contribution in [0.25, 0.3) is 5.57 Å². The van der Waals surface area contributed by atoms with Crippen molar-refractivity contribution >= 4 is 23.6 Å². The van der Waals surface area contributed by atoms with Crippen molar-refractivity contribution in [2.45, 2.75) is 26.7 Å². The number of carbonyl (C=O) groups is 1. The standard InChI is InChI=1S/C23H24N2O2/c1-3-19-9-10-21(15-17(19)2)20-11-13-22(14-12-20)25-23(26)27-24-16-18-7-5-4-6-8-18/h4-14,16-17H,3,15H2,1-2H3,(H,25,26)/b24-16+. The summed E-state index contributed by atoms with van der Waals surface area (Å²) in [5.41, 5.74) is 5.53. The van der Waals surface area contributed by atoms with Crippen molar-refractivity contribution in [2.24, 2.45) is 11.1 Å².